The number of methoxy groups -OCH3 is 1. The van der Waals surface area contributed by atoms with Crippen molar-refractivity contribution in [2.24, 2.45) is 0 Å². The summed E-state index contributed by atoms with van der Waals surface area (Å²) in [7, 11) is 1.62. The van der Waals surface area contributed by atoms with E-state index >= 15 is 0 Å². The molecule has 1 aromatic heterocycles. The Hall–Kier alpha value is -2.73. The maximum absolute atomic E-state index is 13.4. The maximum Gasteiger partial charge on any atom is 0.243 e. The van der Waals surface area contributed by atoms with E-state index in [1.54, 1.807) is 19.2 Å². The van der Waals surface area contributed by atoms with Crippen molar-refractivity contribution in [2.45, 2.75) is 46.1 Å². The summed E-state index contributed by atoms with van der Waals surface area (Å²) in [5, 5.41) is 2.98. The number of halogens is 1. The van der Waals surface area contributed by atoms with Gasteiger partial charge in [0.2, 0.25) is 5.91 Å². The third-order valence-electron chi connectivity index (χ3n) is 5.44. The molecule has 0 saturated carbocycles. The topological polar surface area (TPSA) is 56.1 Å². The number of hydrogen-bond acceptors (Lipinski definition) is 3. The molecule has 0 aliphatic rings. The van der Waals surface area contributed by atoms with Crippen LogP contribution in [0, 0.1) is 19.7 Å². The highest BCUT2D eigenvalue weighted by atomic mass is 19.1. The van der Waals surface area contributed by atoms with E-state index in [-0.39, 0.29) is 17.8 Å². The van der Waals surface area contributed by atoms with Gasteiger partial charge in [-0.15, -0.1) is 0 Å². The highest BCUT2D eigenvalue weighted by Gasteiger charge is 2.25. The minimum absolute atomic E-state index is 0.0354. The Labute approximate surface area is 177 Å². The van der Waals surface area contributed by atoms with E-state index in [1.807, 2.05) is 0 Å². The van der Waals surface area contributed by atoms with Crippen LogP contribution in [0.1, 0.15) is 48.3 Å². The van der Waals surface area contributed by atoms with E-state index in [2.05, 4.69) is 42.8 Å². The van der Waals surface area contributed by atoms with E-state index in [9.17, 15) is 9.18 Å². The molecule has 0 saturated heterocycles. The minimum atomic E-state index is -0.366. The van der Waals surface area contributed by atoms with Crippen molar-refractivity contribution in [1.82, 2.24) is 14.9 Å². The van der Waals surface area contributed by atoms with Gasteiger partial charge >= 0.3 is 0 Å². The van der Waals surface area contributed by atoms with Gasteiger partial charge in [0.15, 0.2) is 0 Å². The van der Waals surface area contributed by atoms with E-state index in [0.29, 0.717) is 26.0 Å². The van der Waals surface area contributed by atoms with Crippen molar-refractivity contribution in [2.75, 3.05) is 20.3 Å². The number of aromatic nitrogens is 2. The first-order valence-corrected chi connectivity index (χ1v) is 10.4. The van der Waals surface area contributed by atoms with Crippen LogP contribution in [-0.4, -0.2) is 35.7 Å². The minimum Gasteiger partial charge on any atom is -0.383 e. The van der Waals surface area contributed by atoms with Crippen LogP contribution in [0.25, 0.3) is 11.0 Å². The molecule has 1 heterocycles. The van der Waals surface area contributed by atoms with Crippen molar-refractivity contribution < 1.29 is 13.9 Å². The van der Waals surface area contributed by atoms with E-state index in [0.717, 1.165) is 40.0 Å². The lowest BCUT2D eigenvalue weighted by Crippen LogP contribution is -2.35. The predicted octanol–water partition coefficient (Wildman–Crippen LogP) is 4.49. The molecular formula is C24H30FN3O2. The summed E-state index contributed by atoms with van der Waals surface area (Å²) in [6.07, 6.45) is 2.09. The van der Waals surface area contributed by atoms with Gasteiger partial charge in [0.05, 0.1) is 17.6 Å². The molecule has 160 valence electrons. The zero-order valence-electron chi connectivity index (χ0n) is 18.2. The molecule has 1 amide bonds. The number of benzene rings is 2. The summed E-state index contributed by atoms with van der Waals surface area (Å²) >= 11 is 0. The molecule has 0 unspecified atom stereocenters. The van der Waals surface area contributed by atoms with Crippen LogP contribution < -0.4 is 5.32 Å². The Kier molecular flexibility index (Phi) is 7.21. The summed E-state index contributed by atoms with van der Waals surface area (Å²) in [6, 6.07) is 10.3. The normalized spacial score (nSPS) is 12.3. The third-order valence-corrected chi connectivity index (χ3v) is 5.44. The molecular weight excluding hydrogens is 381 g/mol. The number of carbonyl (C=O) groups is 1. The number of fused-ring (bicyclic) bond motifs is 1. The lowest BCUT2D eigenvalue weighted by atomic mass is 10.1. The molecule has 1 atom stereocenters. The number of nitrogens with one attached hydrogen (secondary N) is 1. The largest absolute Gasteiger partial charge is 0.383 e. The van der Waals surface area contributed by atoms with Gasteiger partial charge in [-0.1, -0.05) is 25.5 Å². The number of amides is 1. The van der Waals surface area contributed by atoms with Crippen LogP contribution >= 0.6 is 0 Å². The van der Waals surface area contributed by atoms with Crippen molar-refractivity contribution >= 4 is 16.9 Å². The Morgan fingerprint density at radius 3 is 2.57 bits per heavy atom. The maximum atomic E-state index is 13.4. The molecule has 0 spiro atoms. The second-order valence-corrected chi connectivity index (χ2v) is 7.71. The fourth-order valence-corrected chi connectivity index (χ4v) is 3.70. The second kappa shape index (κ2) is 9.85. The van der Waals surface area contributed by atoms with Crippen molar-refractivity contribution in [1.29, 1.82) is 0 Å². The summed E-state index contributed by atoms with van der Waals surface area (Å²) in [6.45, 7) is 7.14. The molecule has 3 rings (SSSR count). The molecule has 6 heteroatoms. The van der Waals surface area contributed by atoms with Crippen LogP contribution in [0.4, 0.5) is 4.39 Å². The number of rotatable bonds is 9. The monoisotopic (exact) mass is 411 g/mol. The summed E-state index contributed by atoms with van der Waals surface area (Å²) in [4.78, 5) is 18.0. The Morgan fingerprint density at radius 1 is 1.20 bits per heavy atom. The average molecular weight is 412 g/mol. The average Bonchev–Trinajstić information content (AvgIpc) is 3.04. The number of aryl methyl sites for hydroxylation is 2. The molecule has 0 bridgehead atoms. The van der Waals surface area contributed by atoms with Gasteiger partial charge in [-0.05, 0) is 61.2 Å². The summed E-state index contributed by atoms with van der Waals surface area (Å²) in [5.74, 6) is 0.508. The molecule has 0 radical (unpaired) electrons. The SMILES string of the molecule is CCC[C@@H](C(=O)NCCOC)n1c(Cc2ccc(F)cc2)nc2cc(C)c(C)cc21. The first-order valence-electron chi connectivity index (χ1n) is 10.4. The fraction of sp³-hybridized carbons (Fsp3) is 0.417. The van der Waals surface area contributed by atoms with Gasteiger partial charge in [0.25, 0.3) is 0 Å². The predicted molar refractivity (Wildman–Crippen MR) is 117 cm³/mol. The quantitative estimate of drug-likeness (QED) is 0.528. The van der Waals surface area contributed by atoms with Gasteiger partial charge in [-0.2, -0.15) is 0 Å². The number of nitrogens with zero attached hydrogens (tertiary/aromatic N) is 2. The number of ether oxygens (including phenoxy) is 1. The van der Waals surface area contributed by atoms with Gasteiger partial charge in [-0.3, -0.25) is 4.79 Å². The van der Waals surface area contributed by atoms with Crippen molar-refractivity contribution in [3.63, 3.8) is 0 Å². The lowest BCUT2D eigenvalue weighted by molar-refractivity contribution is -0.124. The molecule has 3 aromatic rings. The summed E-state index contributed by atoms with van der Waals surface area (Å²) < 4.78 is 20.5. The standard InChI is InChI=1S/C24H30FN3O2/c1-5-6-21(24(29)26-11-12-30-4)28-22-14-17(3)16(2)13-20(22)27-23(28)15-18-7-9-19(25)10-8-18/h7-10,13-14,21H,5-6,11-12,15H2,1-4H3,(H,26,29)/t21-/m0/s1. The highest BCUT2D eigenvalue weighted by molar-refractivity contribution is 5.85. The third kappa shape index (κ3) is 4.87. The van der Waals surface area contributed by atoms with Gasteiger partial charge in [0, 0.05) is 20.1 Å². The van der Waals surface area contributed by atoms with E-state index < -0.39 is 0 Å². The van der Waals surface area contributed by atoms with E-state index in [4.69, 9.17) is 9.72 Å². The van der Waals surface area contributed by atoms with Crippen LogP contribution in [0.3, 0.4) is 0 Å². The molecule has 30 heavy (non-hydrogen) atoms. The highest BCUT2D eigenvalue weighted by Crippen LogP contribution is 2.28. The molecule has 0 aliphatic carbocycles. The molecule has 2 aromatic carbocycles. The Balaban J connectivity index is 2.08. The molecule has 1 N–H and O–H groups in total. The zero-order valence-corrected chi connectivity index (χ0v) is 18.2. The lowest BCUT2D eigenvalue weighted by Gasteiger charge is -2.21. The zero-order chi connectivity index (χ0) is 21.7. The van der Waals surface area contributed by atoms with Gasteiger partial charge < -0.3 is 14.6 Å². The number of hydrogen-bond donors (Lipinski definition) is 1. The molecule has 5 nitrogen and oxygen atoms in total. The second-order valence-electron chi connectivity index (χ2n) is 7.71. The molecule has 0 fully saturated rings. The van der Waals surface area contributed by atoms with Gasteiger partial charge in [-0.25, -0.2) is 9.37 Å². The van der Waals surface area contributed by atoms with Crippen molar-refractivity contribution in [3.05, 3.63) is 64.7 Å². The van der Waals surface area contributed by atoms with Crippen LogP contribution in [0.15, 0.2) is 36.4 Å². The number of carbonyl (C=O) groups excluding carboxylic acids is 1. The fourth-order valence-electron chi connectivity index (χ4n) is 3.70. The smallest absolute Gasteiger partial charge is 0.243 e. The number of imidazole rings is 1. The van der Waals surface area contributed by atoms with Crippen LogP contribution in [0.5, 0.6) is 0 Å². The summed E-state index contributed by atoms with van der Waals surface area (Å²) in [5.41, 5.74) is 5.11. The van der Waals surface area contributed by atoms with Crippen LogP contribution in [0.2, 0.25) is 0 Å². The first kappa shape index (κ1) is 22.0. The first-order chi connectivity index (χ1) is 14.4. The van der Waals surface area contributed by atoms with E-state index in [1.165, 1.54) is 12.1 Å². The molecule has 0 aliphatic heterocycles. The Morgan fingerprint density at radius 2 is 1.90 bits per heavy atom. The van der Waals surface area contributed by atoms with Gasteiger partial charge in [0.1, 0.15) is 17.7 Å². The van der Waals surface area contributed by atoms with Crippen molar-refractivity contribution in [3.8, 4) is 0 Å². The Bertz CT molecular complexity index is 1010. The van der Waals surface area contributed by atoms with Crippen LogP contribution in [-0.2, 0) is 16.0 Å².